The second-order valence-electron chi connectivity index (χ2n) is 33.9. The van der Waals surface area contributed by atoms with Crippen molar-refractivity contribution >= 4 is 33.6 Å². The maximum atomic E-state index is 13.1. The van der Waals surface area contributed by atoms with Crippen LogP contribution in [0.5, 0.6) is 0 Å². The van der Waals surface area contributed by atoms with Gasteiger partial charge in [0.15, 0.2) is 6.10 Å². The summed E-state index contributed by atoms with van der Waals surface area (Å²) in [7, 11) is -9.82. The van der Waals surface area contributed by atoms with Crippen LogP contribution in [0.2, 0.25) is 0 Å². The van der Waals surface area contributed by atoms with Crippen LogP contribution in [-0.4, -0.2) is 95.9 Å². The lowest BCUT2D eigenvalue weighted by Gasteiger charge is -2.21. The third kappa shape index (κ3) is 101. The first-order chi connectivity index (χ1) is 62.2. The van der Waals surface area contributed by atoms with E-state index in [0.29, 0.717) is 19.3 Å². The van der Waals surface area contributed by atoms with Crippen LogP contribution in [0.3, 0.4) is 0 Å². The number of aliphatic hydroxyl groups excluding tert-OH is 2. The summed E-state index contributed by atoms with van der Waals surface area (Å²) < 4.78 is 61.7. The van der Waals surface area contributed by atoms with E-state index in [9.17, 15) is 43.5 Å². The van der Waals surface area contributed by atoms with Crippen molar-refractivity contribution in [1.82, 2.24) is 0 Å². The van der Waals surface area contributed by atoms with Crippen LogP contribution in [-0.2, 0) is 55.8 Å². The topological polar surface area (TPSA) is 231 Å². The van der Waals surface area contributed by atoms with Crippen LogP contribution >= 0.6 is 15.6 Å². The molecule has 18 heteroatoms. The summed E-state index contributed by atoms with van der Waals surface area (Å²) in [5, 5.41) is 20.8. The van der Waals surface area contributed by atoms with Gasteiger partial charge in [-0.15, -0.1) is 0 Å². The zero-order valence-electron chi connectivity index (χ0n) is 80.6. The minimum absolute atomic E-state index is 0.0971. The van der Waals surface area contributed by atoms with E-state index < -0.39 is 91.5 Å². The highest BCUT2D eigenvalue weighted by Crippen LogP contribution is 2.45. The van der Waals surface area contributed by atoms with Crippen molar-refractivity contribution in [3.8, 4) is 0 Å². The summed E-state index contributed by atoms with van der Waals surface area (Å²) >= 11 is 0. The molecule has 0 aliphatic rings. The summed E-state index contributed by atoms with van der Waals surface area (Å²) in [5.74, 6) is -1.57. The van der Waals surface area contributed by atoms with Crippen molar-refractivity contribution in [3.63, 3.8) is 0 Å². The van der Waals surface area contributed by atoms with Crippen molar-refractivity contribution < 1.29 is 75.8 Å². The molecule has 0 saturated heterocycles. The predicted octanol–water partition coefficient (Wildman–Crippen LogP) is 32.3. The second-order valence-corrected chi connectivity index (χ2v) is 36.8. The van der Waals surface area contributed by atoms with Crippen LogP contribution in [0.15, 0.2) is 182 Å². The maximum Gasteiger partial charge on any atom is 0.472 e. The maximum absolute atomic E-state index is 13.1. The van der Waals surface area contributed by atoms with E-state index in [1.165, 1.54) is 199 Å². The number of phosphoric ester groups is 2. The average molecular weight is 1810 g/mol. The molecule has 0 aliphatic heterocycles. The normalized spacial score (nSPS) is 14.4. The molecule has 0 amide bonds. The molecule has 5 atom stereocenters. The van der Waals surface area contributed by atoms with Gasteiger partial charge in [-0.2, -0.15) is 0 Å². The summed E-state index contributed by atoms with van der Waals surface area (Å²) in [6, 6.07) is 0. The lowest BCUT2D eigenvalue weighted by atomic mass is 10.0. The SMILES string of the molecule is CC/C=C\C/C=C\C/C=C\C/C=C\C/C=C\C/C=C\CCCCCCCCCCCCC(=O)OCC(COP(=O)(O)OCC(O)COP(=O)(O)OCC(O)COC(=O)CCCCCCCCCCCCCCCCCCC/C=C\C/C=C\C/C=C\C/C=C\CCCCC)OC(=O)CCCCCCCCCCCCCCC/C=C\C/C=C\C/C=C\C/C=C\C/C=C\CC. The molecule has 0 aromatic heterocycles. The molecular formula is C109H186O16P2. The van der Waals surface area contributed by atoms with Gasteiger partial charge in [-0.25, -0.2) is 9.13 Å². The fourth-order valence-electron chi connectivity index (χ4n) is 13.9. The molecule has 0 fully saturated rings. The van der Waals surface area contributed by atoms with Gasteiger partial charge in [0.05, 0.1) is 26.4 Å². The Balaban J connectivity index is 4.62. The molecule has 0 rings (SSSR count). The smallest absolute Gasteiger partial charge is 0.463 e. The van der Waals surface area contributed by atoms with E-state index in [1.54, 1.807) is 0 Å². The molecular weight excluding hydrogens is 1630 g/mol. The first kappa shape index (κ1) is 122. The van der Waals surface area contributed by atoms with Gasteiger partial charge < -0.3 is 34.2 Å². The monoisotopic (exact) mass is 1810 g/mol. The molecule has 0 aromatic carbocycles. The third-order valence-electron chi connectivity index (χ3n) is 21.6. The molecule has 0 heterocycles. The lowest BCUT2D eigenvalue weighted by Crippen LogP contribution is -2.30. The highest BCUT2D eigenvalue weighted by atomic mass is 31.2. The number of rotatable bonds is 96. The van der Waals surface area contributed by atoms with Crippen molar-refractivity contribution in [1.29, 1.82) is 0 Å². The molecule has 4 N–H and O–H groups in total. The van der Waals surface area contributed by atoms with Crippen LogP contribution < -0.4 is 0 Å². The number of carbonyl (C=O) groups excluding carboxylic acids is 3. The second kappa shape index (κ2) is 99.7. The summed E-state index contributed by atoms with van der Waals surface area (Å²) in [4.78, 5) is 59.2. The van der Waals surface area contributed by atoms with Gasteiger partial charge in [0.25, 0.3) is 0 Å². The minimum Gasteiger partial charge on any atom is -0.463 e. The van der Waals surface area contributed by atoms with Crippen molar-refractivity contribution in [3.05, 3.63) is 182 Å². The fourth-order valence-corrected chi connectivity index (χ4v) is 15.5. The quantitative estimate of drug-likeness (QED) is 0.0146. The highest BCUT2D eigenvalue weighted by Gasteiger charge is 2.30. The lowest BCUT2D eigenvalue weighted by molar-refractivity contribution is -0.161. The van der Waals surface area contributed by atoms with Crippen LogP contribution in [0.25, 0.3) is 0 Å². The van der Waals surface area contributed by atoms with Crippen LogP contribution in [0.4, 0.5) is 0 Å². The standard InChI is InChI=1S/C109H186O16P2/c1-4-7-10-13-16-19-22-25-28-31-34-37-40-43-46-49-50-51-52-55-57-59-62-65-68-71-74-77-80-83-86-89-92-95-107(112)119-98-104(110)99-121-126(115,116)122-100-105(111)101-123-127(117,118)124-103-106(125-109(114)97-94-91-88-85-82-79-76-73-70-67-64-61-58-54-48-45-42-39-36-33-30-27-24-21-18-15-12-9-6-3)102-120-108(113)96-93-90-87-84-81-78-75-72-69-66-63-60-56-53-47-44-41-38-35-32-29-26-23-20-17-14-11-8-5-2/h8-9,11-12,16-21,25-30,34-39,43-48,56,60,104-106,110-111H,4-7,10,13-15,22-24,31-33,40-42,49-55,57-59,61-103H2,1-3H3,(H,115,116)(H,117,118)/b11-8-,12-9-,19-16-,20-17-,21-18-,28-25-,29-26-,30-27-,37-34-,38-35-,39-36-,46-43-,47-44-,48-45-,60-56-. The van der Waals surface area contributed by atoms with Crippen LogP contribution in [0, 0.1) is 0 Å². The Morgan fingerprint density at radius 3 is 0.661 bits per heavy atom. The van der Waals surface area contributed by atoms with Crippen molar-refractivity contribution in [2.45, 2.75) is 450 Å². The molecule has 0 aromatic rings. The Morgan fingerprint density at radius 2 is 0.417 bits per heavy atom. The minimum atomic E-state index is -4.95. The number of carbonyl (C=O) groups is 3. The molecule has 0 saturated carbocycles. The largest absolute Gasteiger partial charge is 0.472 e. The number of allylic oxidation sites excluding steroid dienone is 30. The van der Waals surface area contributed by atoms with Gasteiger partial charge in [0.2, 0.25) is 0 Å². The number of hydrogen-bond acceptors (Lipinski definition) is 14. The van der Waals surface area contributed by atoms with Crippen molar-refractivity contribution in [2.75, 3.05) is 39.6 Å². The number of aliphatic hydroxyl groups is 2. The van der Waals surface area contributed by atoms with E-state index in [4.69, 9.17) is 32.3 Å². The zero-order valence-corrected chi connectivity index (χ0v) is 82.4. The Labute approximate surface area is 776 Å². The Bertz CT molecular complexity index is 3040. The fraction of sp³-hybridized carbons (Fsp3) is 0.697. The highest BCUT2D eigenvalue weighted by molar-refractivity contribution is 7.47. The van der Waals surface area contributed by atoms with Gasteiger partial charge in [0.1, 0.15) is 25.4 Å². The molecule has 0 spiro atoms. The number of ether oxygens (including phenoxy) is 3. The van der Waals surface area contributed by atoms with E-state index in [0.717, 1.165) is 173 Å². The Kier molecular flexibility index (Phi) is 95.5. The first-order valence-electron chi connectivity index (χ1n) is 51.1. The summed E-state index contributed by atoms with van der Waals surface area (Å²) in [6.07, 6.45) is 132. The van der Waals surface area contributed by atoms with Crippen LogP contribution in [0.1, 0.15) is 432 Å². The third-order valence-corrected chi connectivity index (χ3v) is 23.5. The molecule has 0 bridgehead atoms. The van der Waals surface area contributed by atoms with E-state index in [2.05, 4.69) is 203 Å². The number of hydrogen-bond donors (Lipinski definition) is 4. The molecule has 5 unspecified atom stereocenters. The number of phosphoric acid groups is 2. The van der Waals surface area contributed by atoms with Gasteiger partial charge >= 0.3 is 33.6 Å². The van der Waals surface area contributed by atoms with Gasteiger partial charge in [-0.05, 0) is 161 Å². The molecule has 0 aliphatic carbocycles. The van der Waals surface area contributed by atoms with Gasteiger partial charge in [-0.3, -0.25) is 32.5 Å². The van der Waals surface area contributed by atoms with Crippen molar-refractivity contribution in [2.24, 2.45) is 0 Å². The Morgan fingerprint density at radius 1 is 0.228 bits per heavy atom. The summed E-state index contributed by atoms with van der Waals surface area (Å²) in [5.41, 5.74) is 0. The molecule has 16 nitrogen and oxygen atoms in total. The van der Waals surface area contributed by atoms with Gasteiger partial charge in [0, 0.05) is 19.3 Å². The van der Waals surface area contributed by atoms with E-state index >= 15 is 0 Å². The Hall–Kier alpha value is -5.35. The molecule has 127 heavy (non-hydrogen) atoms. The molecule has 0 radical (unpaired) electrons. The van der Waals surface area contributed by atoms with E-state index in [-0.39, 0.29) is 19.3 Å². The zero-order chi connectivity index (χ0) is 92.1. The number of unbranched alkanes of at least 4 members (excludes halogenated alkanes) is 43. The van der Waals surface area contributed by atoms with E-state index in [1.807, 2.05) is 0 Å². The predicted molar refractivity (Wildman–Crippen MR) is 537 cm³/mol. The summed E-state index contributed by atoms with van der Waals surface area (Å²) in [6.45, 7) is 2.49. The molecule has 728 valence electrons. The number of esters is 3. The first-order valence-corrected chi connectivity index (χ1v) is 54.1. The van der Waals surface area contributed by atoms with Gasteiger partial charge in [-0.1, -0.05) is 434 Å². The average Bonchev–Trinajstić information content (AvgIpc) is 0.899.